The highest BCUT2D eigenvalue weighted by Crippen LogP contribution is 2.38. The van der Waals surface area contributed by atoms with Gasteiger partial charge in [-0.25, -0.2) is 4.79 Å². The van der Waals surface area contributed by atoms with Gasteiger partial charge < -0.3 is 19.3 Å². The van der Waals surface area contributed by atoms with Crippen molar-refractivity contribution < 1.29 is 19.1 Å². The van der Waals surface area contributed by atoms with Crippen molar-refractivity contribution in [3.05, 3.63) is 63.6 Å². The third-order valence-electron chi connectivity index (χ3n) is 7.07. The molecule has 3 heterocycles. The van der Waals surface area contributed by atoms with Gasteiger partial charge in [-0.3, -0.25) is 19.3 Å². The molecule has 2 aliphatic rings. The molecule has 9 heteroatoms. The molecule has 1 spiro atoms. The summed E-state index contributed by atoms with van der Waals surface area (Å²) in [6, 6.07) is 11.1. The van der Waals surface area contributed by atoms with Crippen LogP contribution in [0.15, 0.2) is 41.2 Å². The first-order valence-corrected chi connectivity index (χ1v) is 12.3. The van der Waals surface area contributed by atoms with Gasteiger partial charge in [-0.1, -0.05) is 37.3 Å². The monoisotopic (exact) mass is 482 g/mol. The van der Waals surface area contributed by atoms with Crippen molar-refractivity contribution in [3.63, 3.8) is 0 Å². The van der Waals surface area contributed by atoms with Crippen LogP contribution in [0, 0.1) is 0 Å². The standard InChI is InChI=1S/C26H34N4O5/c1-5-20-17-21(31)23(35-18-19-11-9-8-10-12-19)22-24(32)29(6-2)26(27(4)30(20)22)13-15-28(16-14-26)25(33)34-7-3/h8-12,17H,5-7,13-16,18H2,1-4H3. The minimum Gasteiger partial charge on any atom is -0.482 e. The van der Waals surface area contributed by atoms with Gasteiger partial charge in [-0.15, -0.1) is 0 Å². The largest absolute Gasteiger partial charge is 0.482 e. The molecule has 1 aromatic carbocycles. The Kier molecular flexibility index (Phi) is 7.05. The topological polar surface area (TPSA) is 84.3 Å². The van der Waals surface area contributed by atoms with Gasteiger partial charge in [0.05, 0.1) is 6.61 Å². The lowest BCUT2D eigenvalue weighted by Gasteiger charge is -2.57. The van der Waals surface area contributed by atoms with Gasteiger partial charge in [0, 0.05) is 51.3 Å². The number of carbonyl (C=O) groups excluding carboxylic acids is 2. The van der Waals surface area contributed by atoms with E-state index in [9.17, 15) is 14.4 Å². The Balaban J connectivity index is 1.75. The van der Waals surface area contributed by atoms with Gasteiger partial charge in [0.2, 0.25) is 5.43 Å². The number of carbonyl (C=O) groups is 2. The SMILES string of the molecule is CCOC(=O)N1CCC2(CC1)N(CC)C(=O)c1c(OCc3ccccc3)c(=O)cc(CC)n1N2C. The van der Waals surface area contributed by atoms with Crippen molar-refractivity contribution in [2.75, 3.05) is 38.3 Å². The Labute approximate surface area is 205 Å². The third kappa shape index (κ3) is 4.24. The van der Waals surface area contributed by atoms with E-state index in [1.54, 1.807) is 17.9 Å². The fourth-order valence-corrected chi connectivity index (χ4v) is 5.26. The second kappa shape index (κ2) is 10.0. The molecule has 2 aliphatic heterocycles. The number of benzene rings is 1. The number of aryl methyl sites for hydroxylation is 1. The molecule has 2 amide bonds. The maximum absolute atomic E-state index is 14.0. The quantitative estimate of drug-likeness (QED) is 0.630. The maximum atomic E-state index is 14.0. The van der Waals surface area contributed by atoms with E-state index in [2.05, 4.69) is 5.01 Å². The number of pyridine rings is 1. The fraction of sp³-hybridized carbons (Fsp3) is 0.500. The van der Waals surface area contributed by atoms with Crippen molar-refractivity contribution in [2.45, 2.75) is 52.3 Å². The van der Waals surface area contributed by atoms with Gasteiger partial charge in [0.1, 0.15) is 12.3 Å². The molecule has 0 bridgehead atoms. The molecular formula is C26H34N4O5. The van der Waals surface area contributed by atoms with Crippen LogP contribution >= 0.6 is 0 Å². The zero-order chi connectivity index (χ0) is 25.2. The predicted molar refractivity (Wildman–Crippen MR) is 132 cm³/mol. The van der Waals surface area contributed by atoms with Gasteiger partial charge in [-0.2, -0.15) is 0 Å². The summed E-state index contributed by atoms with van der Waals surface area (Å²) in [5, 5.41) is 2.06. The second-order valence-corrected chi connectivity index (χ2v) is 8.86. The molecule has 2 aromatic rings. The number of likely N-dealkylation sites (tertiary alicyclic amines) is 1. The van der Waals surface area contributed by atoms with E-state index >= 15 is 0 Å². The Morgan fingerprint density at radius 1 is 1.06 bits per heavy atom. The van der Waals surface area contributed by atoms with E-state index < -0.39 is 5.66 Å². The molecule has 0 saturated carbocycles. The van der Waals surface area contributed by atoms with Crippen LogP contribution in [0.1, 0.15) is 55.4 Å². The highest BCUT2D eigenvalue weighted by molar-refractivity contribution is 5.97. The van der Waals surface area contributed by atoms with Crippen LogP contribution in [0.2, 0.25) is 0 Å². The number of nitrogens with zero attached hydrogens (tertiary/aromatic N) is 4. The minimum absolute atomic E-state index is 0.0696. The summed E-state index contributed by atoms with van der Waals surface area (Å²) in [5.41, 5.74) is 0.994. The molecule has 1 aromatic heterocycles. The van der Waals surface area contributed by atoms with Crippen molar-refractivity contribution in [1.82, 2.24) is 14.5 Å². The first kappa shape index (κ1) is 24.6. The van der Waals surface area contributed by atoms with Crippen molar-refractivity contribution in [2.24, 2.45) is 0 Å². The zero-order valence-electron chi connectivity index (χ0n) is 21.0. The van der Waals surface area contributed by atoms with Crippen molar-refractivity contribution in [3.8, 4) is 5.75 Å². The summed E-state index contributed by atoms with van der Waals surface area (Å²) >= 11 is 0. The molecule has 4 rings (SSSR count). The number of hydrogen-bond acceptors (Lipinski definition) is 6. The molecule has 0 unspecified atom stereocenters. The van der Waals surface area contributed by atoms with E-state index in [0.717, 1.165) is 11.3 Å². The van der Waals surface area contributed by atoms with Gasteiger partial charge in [-0.05, 0) is 25.8 Å². The molecule has 1 fully saturated rings. The summed E-state index contributed by atoms with van der Waals surface area (Å²) in [6.07, 6.45) is 1.38. The molecule has 188 valence electrons. The molecule has 35 heavy (non-hydrogen) atoms. The highest BCUT2D eigenvalue weighted by atomic mass is 16.6. The van der Waals surface area contributed by atoms with E-state index in [1.165, 1.54) is 0 Å². The number of rotatable bonds is 6. The van der Waals surface area contributed by atoms with Gasteiger partial charge >= 0.3 is 6.09 Å². The molecular weight excluding hydrogens is 448 g/mol. The van der Waals surface area contributed by atoms with E-state index in [-0.39, 0.29) is 35.5 Å². The molecule has 1 saturated heterocycles. The van der Waals surface area contributed by atoms with Gasteiger partial charge in [0.25, 0.3) is 5.91 Å². The maximum Gasteiger partial charge on any atom is 0.409 e. The summed E-state index contributed by atoms with van der Waals surface area (Å²) in [7, 11) is 1.95. The molecule has 0 aliphatic carbocycles. The Morgan fingerprint density at radius 3 is 2.34 bits per heavy atom. The van der Waals surface area contributed by atoms with Crippen LogP contribution in [0.3, 0.4) is 0 Å². The lowest BCUT2D eigenvalue weighted by Crippen LogP contribution is -2.72. The van der Waals surface area contributed by atoms with Crippen molar-refractivity contribution in [1.29, 1.82) is 0 Å². The smallest absolute Gasteiger partial charge is 0.409 e. The zero-order valence-corrected chi connectivity index (χ0v) is 21.0. The summed E-state index contributed by atoms with van der Waals surface area (Å²) in [4.78, 5) is 42.9. The molecule has 0 radical (unpaired) electrons. The second-order valence-electron chi connectivity index (χ2n) is 8.86. The van der Waals surface area contributed by atoms with Crippen LogP contribution in [0.4, 0.5) is 4.79 Å². The van der Waals surface area contributed by atoms with E-state index in [4.69, 9.17) is 9.47 Å². The molecule has 0 atom stereocenters. The van der Waals surface area contributed by atoms with Crippen LogP contribution in [-0.4, -0.2) is 65.4 Å². The predicted octanol–water partition coefficient (Wildman–Crippen LogP) is 2.98. The summed E-state index contributed by atoms with van der Waals surface area (Å²) < 4.78 is 13.0. The highest BCUT2D eigenvalue weighted by Gasteiger charge is 2.51. The van der Waals surface area contributed by atoms with Crippen LogP contribution in [-0.2, 0) is 17.8 Å². The van der Waals surface area contributed by atoms with Crippen LogP contribution < -0.4 is 15.2 Å². The average molecular weight is 483 g/mol. The average Bonchev–Trinajstić information content (AvgIpc) is 2.87. The lowest BCUT2D eigenvalue weighted by molar-refractivity contribution is -0.00138. The van der Waals surface area contributed by atoms with Crippen LogP contribution in [0.25, 0.3) is 0 Å². The Bertz CT molecular complexity index is 1140. The number of amides is 2. The van der Waals surface area contributed by atoms with E-state index in [0.29, 0.717) is 45.5 Å². The number of ether oxygens (including phenoxy) is 2. The summed E-state index contributed by atoms with van der Waals surface area (Å²) in [5.74, 6) is -0.161. The molecule has 0 N–H and O–H groups in total. The minimum atomic E-state index is -0.627. The third-order valence-corrected chi connectivity index (χ3v) is 7.07. The van der Waals surface area contributed by atoms with Gasteiger partial charge in [0.15, 0.2) is 11.4 Å². The Hall–Kier alpha value is -3.49. The number of hydrogen-bond donors (Lipinski definition) is 0. The summed E-state index contributed by atoms with van der Waals surface area (Å²) in [6.45, 7) is 7.62. The van der Waals surface area contributed by atoms with Crippen LogP contribution in [0.5, 0.6) is 5.75 Å². The fourth-order valence-electron chi connectivity index (χ4n) is 5.26. The number of fused-ring (bicyclic) bond motifs is 1. The normalized spacial score (nSPS) is 16.9. The first-order valence-electron chi connectivity index (χ1n) is 12.3. The van der Waals surface area contributed by atoms with Crippen molar-refractivity contribution >= 4 is 12.0 Å². The molecule has 9 nitrogen and oxygen atoms in total. The Morgan fingerprint density at radius 2 is 1.74 bits per heavy atom. The number of piperidine rings is 1. The lowest BCUT2D eigenvalue weighted by atomic mass is 9.92. The first-order chi connectivity index (χ1) is 16.9. The number of aromatic nitrogens is 1. The van der Waals surface area contributed by atoms with E-state index in [1.807, 2.05) is 60.8 Å².